The van der Waals surface area contributed by atoms with Crippen LogP contribution in [0.3, 0.4) is 0 Å². The second-order valence-corrected chi connectivity index (χ2v) is 5.33. The van der Waals surface area contributed by atoms with Gasteiger partial charge >= 0.3 is 5.97 Å². The normalized spacial score (nSPS) is 30.3. The average molecular weight is 243 g/mol. The molecule has 17 heavy (non-hydrogen) atoms. The Kier molecular flexibility index (Phi) is 4.14. The lowest BCUT2D eigenvalue weighted by Crippen LogP contribution is -2.51. The molecule has 1 rings (SSSR count). The number of carbonyl (C=O) groups is 2. The van der Waals surface area contributed by atoms with Gasteiger partial charge in [0.1, 0.15) is 5.41 Å². The number of ether oxygens (including phenoxy) is 1. The van der Waals surface area contributed by atoms with Crippen LogP contribution in [-0.2, 0) is 14.3 Å². The lowest BCUT2D eigenvalue weighted by atomic mass is 9.85. The van der Waals surface area contributed by atoms with Gasteiger partial charge < -0.3 is 15.2 Å². The maximum atomic E-state index is 11.9. The fraction of sp³-hybridized carbons (Fsp3) is 0.833. The number of carboxylic acid groups (broad SMARTS) is 1. The van der Waals surface area contributed by atoms with Gasteiger partial charge in [-0.2, -0.15) is 0 Å². The highest BCUT2D eigenvalue weighted by Crippen LogP contribution is 2.29. The van der Waals surface area contributed by atoms with Crippen LogP contribution in [0.1, 0.15) is 27.7 Å². The van der Waals surface area contributed by atoms with Gasteiger partial charge in [0.2, 0.25) is 5.91 Å². The molecule has 3 atom stereocenters. The summed E-state index contributed by atoms with van der Waals surface area (Å²) in [5.41, 5.74) is -1.02. The van der Waals surface area contributed by atoms with Gasteiger partial charge in [0.15, 0.2) is 0 Å². The molecule has 1 saturated heterocycles. The predicted molar refractivity (Wildman–Crippen MR) is 62.5 cm³/mol. The van der Waals surface area contributed by atoms with Crippen molar-refractivity contribution in [3.05, 3.63) is 0 Å². The van der Waals surface area contributed by atoms with Crippen molar-refractivity contribution in [2.75, 3.05) is 13.2 Å². The molecule has 3 unspecified atom stereocenters. The molecule has 0 aromatic heterocycles. The highest BCUT2D eigenvalue weighted by molar-refractivity contribution is 5.81. The minimum atomic E-state index is -1.02. The molecule has 0 aliphatic carbocycles. The van der Waals surface area contributed by atoms with Gasteiger partial charge in [0, 0.05) is 5.92 Å². The minimum Gasteiger partial charge on any atom is -0.481 e. The molecule has 1 aliphatic heterocycles. The number of hydrogen-bond donors (Lipinski definition) is 2. The van der Waals surface area contributed by atoms with Gasteiger partial charge in [-0.25, -0.2) is 0 Å². The van der Waals surface area contributed by atoms with Crippen LogP contribution < -0.4 is 5.32 Å². The summed E-state index contributed by atoms with van der Waals surface area (Å²) < 4.78 is 5.18. The SMILES string of the molecule is CC(C)C(C)C(=O)NC1COCC1(C)C(=O)O. The molecule has 98 valence electrons. The topological polar surface area (TPSA) is 75.6 Å². The smallest absolute Gasteiger partial charge is 0.313 e. The summed E-state index contributed by atoms with van der Waals surface area (Å²) in [6.07, 6.45) is 0. The Morgan fingerprint density at radius 3 is 2.47 bits per heavy atom. The number of carbonyl (C=O) groups excluding carboxylic acids is 1. The second kappa shape index (κ2) is 5.04. The molecule has 0 saturated carbocycles. The summed E-state index contributed by atoms with van der Waals surface area (Å²) in [6.45, 7) is 7.78. The summed E-state index contributed by atoms with van der Waals surface area (Å²) in [5, 5.41) is 12.0. The van der Waals surface area contributed by atoms with Crippen molar-refractivity contribution in [2.24, 2.45) is 17.3 Å². The second-order valence-electron chi connectivity index (χ2n) is 5.33. The molecule has 1 aliphatic rings. The average Bonchev–Trinajstić information content (AvgIpc) is 2.60. The fourth-order valence-corrected chi connectivity index (χ4v) is 1.69. The summed E-state index contributed by atoms with van der Waals surface area (Å²) in [5.74, 6) is -0.942. The first kappa shape index (κ1) is 14.0. The largest absolute Gasteiger partial charge is 0.481 e. The van der Waals surface area contributed by atoms with Gasteiger partial charge in [-0.05, 0) is 12.8 Å². The zero-order chi connectivity index (χ0) is 13.2. The number of nitrogens with one attached hydrogen (secondary N) is 1. The monoisotopic (exact) mass is 243 g/mol. The van der Waals surface area contributed by atoms with E-state index in [4.69, 9.17) is 4.74 Å². The van der Waals surface area contributed by atoms with Crippen LogP contribution in [0.2, 0.25) is 0 Å². The third-order valence-electron chi connectivity index (χ3n) is 3.67. The quantitative estimate of drug-likeness (QED) is 0.768. The molecule has 0 aromatic carbocycles. The first-order valence-corrected chi connectivity index (χ1v) is 5.90. The van der Waals surface area contributed by atoms with Crippen LogP contribution in [0.4, 0.5) is 0 Å². The number of hydrogen-bond acceptors (Lipinski definition) is 3. The van der Waals surface area contributed by atoms with Gasteiger partial charge in [0.25, 0.3) is 0 Å². The van der Waals surface area contributed by atoms with Crippen LogP contribution in [0, 0.1) is 17.3 Å². The molecule has 0 bridgehead atoms. The summed E-state index contributed by atoms with van der Waals surface area (Å²) in [6, 6.07) is -0.450. The van der Waals surface area contributed by atoms with Crippen molar-refractivity contribution >= 4 is 11.9 Å². The molecule has 0 spiro atoms. The van der Waals surface area contributed by atoms with Crippen molar-refractivity contribution in [1.82, 2.24) is 5.32 Å². The third-order valence-corrected chi connectivity index (χ3v) is 3.67. The van der Waals surface area contributed by atoms with E-state index in [2.05, 4.69) is 5.32 Å². The van der Waals surface area contributed by atoms with E-state index in [1.165, 1.54) is 0 Å². The number of rotatable bonds is 4. The summed E-state index contributed by atoms with van der Waals surface area (Å²) in [7, 11) is 0. The van der Waals surface area contributed by atoms with E-state index in [0.29, 0.717) is 0 Å². The highest BCUT2D eigenvalue weighted by atomic mass is 16.5. The number of aliphatic carboxylic acids is 1. The molecule has 0 aromatic rings. The van der Waals surface area contributed by atoms with Gasteiger partial charge in [-0.15, -0.1) is 0 Å². The van der Waals surface area contributed by atoms with Crippen LogP contribution >= 0.6 is 0 Å². The van der Waals surface area contributed by atoms with E-state index in [1.807, 2.05) is 20.8 Å². The molecular weight excluding hydrogens is 222 g/mol. The Morgan fingerprint density at radius 2 is 2.00 bits per heavy atom. The van der Waals surface area contributed by atoms with Crippen molar-refractivity contribution in [1.29, 1.82) is 0 Å². The van der Waals surface area contributed by atoms with Crippen molar-refractivity contribution in [3.8, 4) is 0 Å². The van der Waals surface area contributed by atoms with Crippen molar-refractivity contribution < 1.29 is 19.4 Å². The predicted octanol–water partition coefficient (Wildman–Crippen LogP) is 0.884. The summed E-state index contributed by atoms with van der Waals surface area (Å²) >= 11 is 0. The van der Waals surface area contributed by atoms with Gasteiger partial charge in [-0.1, -0.05) is 20.8 Å². The fourth-order valence-electron chi connectivity index (χ4n) is 1.69. The van der Waals surface area contributed by atoms with Crippen LogP contribution in [-0.4, -0.2) is 36.2 Å². The molecule has 1 heterocycles. The molecule has 5 heteroatoms. The number of carboxylic acids is 1. The first-order chi connectivity index (χ1) is 7.79. The van der Waals surface area contributed by atoms with Crippen LogP contribution in [0.25, 0.3) is 0 Å². The molecule has 2 N–H and O–H groups in total. The van der Waals surface area contributed by atoms with Crippen LogP contribution in [0.15, 0.2) is 0 Å². The Bertz CT molecular complexity index is 316. The van der Waals surface area contributed by atoms with E-state index >= 15 is 0 Å². The lowest BCUT2D eigenvalue weighted by molar-refractivity contribution is -0.149. The van der Waals surface area contributed by atoms with E-state index in [0.717, 1.165) is 0 Å². The summed E-state index contributed by atoms with van der Waals surface area (Å²) in [4.78, 5) is 23.1. The zero-order valence-electron chi connectivity index (χ0n) is 10.8. The molecule has 0 radical (unpaired) electrons. The van der Waals surface area contributed by atoms with Crippen LogP contribution in [0.5, 0.6) is 0 Å². The Labute approximate surface area is 102 Å². The van der Waals surface area contributed by atoms with Crippen molar-refractivity contribution in [2.45, 2.75) is 33.7 Å². The Morgan fingerprint density at radius 1 is 1.41 bits per heavy atom. The standard InChI is InChI=1S/C12H21NO4/c1-7(2)8(3)10(14)13-9-5-17-6-12(9,4)11(15)16/h7-9H,5-6H2,1-4H3,(H,13,14)(H,15,16). The maximum absolute atomic E-state index is 11.9. The Balaban J connectivity index is 2.69. The van der Waals surface area contributed by atoms with E-state index in [-0.39, 0.29) is 31.0 Å². The third kappa shape index (κ3) is 2.77. The molecule has 1 fully saturated rings. The zero-order valence-corrected chi connectivity index (χ0v) is 10.8. The van der Waals surface area contributed by atoms with E-state index < -0.39 is 17.4 Å². The van der Waals surface area contributed by atoms with Gasteiger partial charge in [-0.3, -0.25) is 9.59 Å². The highest BCUT2D eigenvalue weighted by Gasteiger charge is 2.47. The molecule has 5 nitrogen and oxygen atoms in total. The number of amides is 1. The lowest BCUT2D eigenvalue weighted by Gasteiger charge is -2.27. The van der Waals surface area contributed by atoms with Crippen molar-refractivity contribution in [3.63, 3.8) is 0 Å². The Hall–Kier alpha value is -1.10. The minimum absolute atomic E-state index is 0.108. The van der Waals surface area contributed by atoms with E-state index in [1.54, 1.807) is 6.92 Å². The first-order valence-electron chi connectivity index (χ1n) is 5.90. The van der Waals surface area contributed by atoms with E-state index in [9.17, 15) is 14.7 Å². The molecular formula is C12H21NO4. The maximum Gasteiger partial charge on any atom is 0.313 e. The molecule has 1 amide bonds. The van der Waals surface area contributed by atoms with Gasteiger partial charge in [0.05, 0.1) is 19.3 Å².